The minimum atomic E-state index is -0.883. The number of hydrogen-bond donors (Lipinski definition) is 1. The molecule has 8 nitrogen and oxygen atoms in total. The van der Waals surface area contributed by atoms with Gasteiger partial charge in [-0.3, -0.25) is 9.36 Å². The van der Waals surface area contributed by atoms with Gasteiger partial charge in [-0.05, 0) is 75.6 Å². The lowest BCUT2D eigenvalue weighted by Gasteiger charge is -2.39. The van der Waals surface area contributed by atoms with Gasteiger partial charge in [-0.25, -0.2) is 4.52 Å². The zero-order valence-corrected chi connectivity index (χ0v) is 24.4. The highest BCUT2D eigenvalue weighted by molar-refractivity contribution is 5.70. The Hall–Kier alpha value is -3.80. The fourth-order valence-corrected chi connectivity index (χ4v) is 5.88. The van der Waals surface area contributed by atoms with Crippen molar-refractivity contribution in [2.24, 2.45) is 0 Å². The molecule has 2 aromatic carbocycles. The molecular formula is C33H39N5O3. The lowest BCUT2D eigenvalue weighted by Crippen LogP contribution is -2.41. The SMILES string of the molecule is CCCc1c(Cc2ccc(-c3ccccc3C#N)cc2)c(=O)n([C@H]2CC[C@](C)(OCC(C)(C)O)CC2)c2ncnn12. The molecular weight excluding hydrogens is 514 g/mol. The van der Waals surface area contributed by atoms with Crippen molar-refractivity contribution in [1.29, 1.82) is 5.26 Å². The van der Waals surface area contributed by atoms with E-state index in [9.17, 15) is 15.2 Å². The van der Waals surface area contributed by atoms with Crippen molar-refractivity contribution >= 4 is 5.78 Å². The number of aryl methyl sites for hydroxylation is 1. The second-order valence-electron chi connectivity index (χ2n) is 12.1. The monoisotopic (exact) mass is 553 g/mol. The Morgan fingerprint density at radius 2 is 1.85 bits per heavy atom. The average Bonchev–Trinajstić information content (AvgIpc) is 3.44. The Balaban J connectivity index is 1.47. The first kappa shape index (κ1) is 28.7. The predicted molar refractivity (Wildman–Crippen MR) is 159 cm³/mol. The zero-order valence-electron chi connectivity index (χ0n) is 24.4. The van der Waals surface area contributed by atoms with Gasteiger partial charge in [0.25, 0.3) is 5.56 Å². The molecule has 1 aliphatic carbocycles. The molecule has 214 valence electrons. The van der Waals surface area contributed by atoms with Crippen LogP contribution in [0.3, 0.4) is 0 Å². The van der Waals surface area contributed by atoms with E-state index >= 15 is 0 Å². The summed E-state index contributed by atoms with van der Waals surface area (Å²) in [4.78, 5) is 18.8. The molecule has 4 aromatic rings. The number of rotatable bonds is 9. The van der Waals surface area contributed by atoms with Crippen LogP contribution in [0.5, 0.6) is 0 Å². The summed E-state index contributed by atoms with van der Waals surface area (Å²) in [5, 5.41) is 24.2. The molecule has 0 radical (unpaired) electrons. The number of hydrogen-bond acceptors (Lipinski definition) is 6. The van der Waals surface area contributed by atoms with E-state index in [4.69, 9.17) is 4.74 Å². The van der Waals surface area contributed by atoms with Crippen LogP contribution in [0, 0.1) is 11.3 Å². The molecule has 0 spiro atoms. The Labute approximate surface area is 241 Å². The van der Waals surface area contributed by atoms with Crippen LogP contribution in [0.1, 0.15) is 88.2 Å². The third-order valence-electron chi connectivity index (χ3n) is 8.16. The molecule has 1 N–H and O–H groups in total. The number of nitrogens with zero attached hydrogens (tertiary/aromatic N) is 5. The van der Waals surface area contributed by atoms with Crippen LogP contribution < -0.4 is 5.56 Å². The summed E-state index contributed by atoms with van der Waals surface area (Å²) in [6, 6.07) is 18.0. The summed E-state index contributed by atoms with van der Waals surface area (Å²) in [5.74, 6) is 0.594. The smallest absolute Gasteiger partial charge is 0.259 e. The third-order valence-corrected chi connectivity index (χ3v) is 8.16. The highest BCUT2D eigenvalue weighted by Gasteiger charge is 2.35. The van der Waals surface area contributed by atoms with Crippen molar-refractivity contribution in [2.45, 2.75) is 89.9 Å². The summed E-state index contributed by atoms with van der Waals surface area (Å²) in [6.45, 7) is 7.98. The maximum absolute atomic E-state index is 14.3. The fourth-order valence-electron chi connectivity index (χ4n) is 5.88. The van der Waals surface area contributed by atoms with E-state index in [2.05, 4.69) is 30.0 Å². The van der Waals surface area contributed by atoms with Gasteiger partial charge >= 0.3 is 0 Å². The standard InChI is InChI=1S/C33H39N5O3/c1-5-8-29-28(19-23-11-13-24(14-12-23)27-10-7-6-9-25(27)20-34)30(39)37(31-35-22-36-38(29)31)26-15-17-33(4,18-16-26)41-21-32(2,3)40/h6-7,9-14,22,26,40H,5,8,15-19,21H2,1-4H3/t26-,33-. The topological polar surface area (TPSA) is 105 Å². The van der Waals surface area contributed by atoms with Crippen LogP contribution >= 0.6 is 0 Å². The Morgan fingerprint density at radius 1 is 1.15 bits per heavy atom. The van der Waals surface area contributed by atoms with Crippen LogP contribution in [0.25, 0.3) is 16.9 Å². The van der Waals surface area contributed by atoms with E-state index in [0.29, 0.717) is 17.8 Å². The maximum Gasteiger partial charge on any atom is 0.259 e. The number of aliphatic hydroxyl groups is 1. The summed E-state index contributed by atoms with van der Waals surface area (Å²) < 4.78 is 9.86. The van der Waals surface area contributed by atoms with Crippen molar-refractivity contribution in [2.75, 3.05) is 6.61 Å². The second kappa shape index (κ2) is 11.6. The summed E-state index contributed by atoms with van der Waals surface area (Å²) in [7, 11) is 0. The van der Waals surface area contributed by atoms with Crippen LogP contribution in [-0.2, 0) is 17.6 Å². The largest absolute Gasteiger partial charge is 0.388 e. The van der Waals surface area contributed by atoms with Gasteiger partial charge in [0, 0.05) is 18.0 Å². The van der Waals surface area contributed by atoms with E-state index in [1.165, 1.54) is 6.33 Å². The van der Waals surface area contributed by atoms with Crippen molar-refractivity contribution in [1.82, 2.24) is 19.2 Å². The number of aromatic nitrogens is 4. The summed E-state index contributed by atoms with van der Waals surface area (Å²) >= 11 is 0. The molecule has 1 saturated carbocycles. The Morgan fingerprint density at radius 3 is 2.51 bits per heavy atom. The first-order valence-electron chi connectivity index (χ1n) is 14.5. The van der Waals surface area contributed by atoms with Crippen molar-refractivity contribution in [3.05, 3.63) is 87.6 Å². The zero-order chi connectivity index (χ0) is 29.2. The second-order valence-corrected chi connectivity index (χ2v) is 12.1. The molecule has 0 unspecified atom stereocenters. The molecule has 0 amide bonds. The molecule has 0 saturated heterocycles. The first-order chi connectivity index (χ1) is 19.6. The van der Waals surface area contributed by atoms with Crippen molar-refractivity contribution in [3.8, 4) is 17.2 Å². The fraction of sp³-hybridized carbons (Fsp3) is 0.455. The molecule has 2 aromatic heterocycles. The Kier molecular flexibility index (Phi) is 8.12. The van der Waals surface area contributed by atoms with Crippen LogP contribution in [0.2, 0.25) is 0 Å². The summed E-state index contributed by atoms with van der Waals surface area (Å²) in [6.07, 6.45) is 6.78. The van der Waals surface area contributed by atoms with Gasteiger partial charge in [0.15, 0.2) is 0 Å². The number of fused-ring (bicyclic) bond motifs is 1. The van der Waals surface area contributed by atoms with Crippen molar-refractivity contribution < 1.29 is 9.84 Å². The van der Waals surface area contributed by atoms with E-state index in [1.807, 2.05) is 57.6 Å². The highest BCUT2D eigenvalue weighted by Crippen LogP contribution is 2.38. The third kappa shape index (κ3) is 6.12. The minimum Gasteiger partial charge on any atom is -0.388 e. The molecule has 8 heteroatoms. The van der Waals surface area contributed by atoms with E-state index < -0.39 is 5.60 Å². The van der Waals surface area contributed by atoms with E-state index in [1.54, 1.807) is 13.8 Å². The molecule has 0 aliphatic heterocycles. The lowest BCUT2D eigenvalue weighted by atomic mass is 9.83. The summed E-state index contributed by atoms with van der Waals surface area (Å²) in [5.41, 5.74) is 3.98. The van der Waals surface area contributed by atoms with Crippen LogP contribution in [0.4, 0.5) is 0 Å². The van der Waals surface area contributed by atoms with Gasteiger partial charge in [-0.2, -0.15) is 15.3 Å². The van der Waals surface area contributed by atoms with Crippen molar-refractivity contribution in [3.63, 3.8) is 0 Å². The van der Waals surface area contributed by atoms with Crippen LogP contribution in [-0.4, -0.2) is 42.1 Å². The lowest BCUT2D eigenvalue weighted by molar-refractivity contribution is -0.117. The van der Waals surface area contributed by atoms with Gasteiger partial charge in [0.1, 0.15) is 6.33 Å². The Bertz CT molecular complexity index is 1610. The molecule has 1 aliphatic rings. The quantitative estimate of drug-likeness (QED) is 0.288. The molecule has 0 bridgehead atoms. The van der Waals surface area contributed by atoms with E-state index in [-0.39, 0.29) is 23.8 Å². The van der Waals surface area contributed by atoms with Crippen LogP contribution in [0.15, 0.2) is 59.7 Å². The number of benzene rings is 2. The van der Waals surface area contributed by atoms with Gasteiger partial charge in [0.2, 0.25) is 5.78 Å². The average molecular weight is 554 g/mol. The first-order valence-corrected chi connectivity index (χ1v) is 14.5. The maximum atomic E-state index is 14.3. The molecule has 1 fully saturated rings. The minimum absolute atomic E-state index is 0.00105. The van der Waals surface area contributed by atoms with Gasteiger partial charge in [-0.15, -0.1) is 0 Å². The molecule has 41 heavy (non-hydrogen) atoms. The number of nitriles is 1. The molecule has 0 atom stereocenters. The highest BCUT2D eigenvalue weighted by atomic mass is 16.5. The van der Waals surface area contributed by atoms with Gasteiger partial charge in [0.05, 0.1) is 35.1 Å². The predicted octanol–water partition coefficient (Wildman–Crippen LogP) is 5.63. The normalized spacial score (nSPS) is 19.4. The number of ether oxygens (including phenoxy) is 1. The van der Waals surface area contributed by atoms with Gasteiger partial charge in [-0.1, -0.05) is 55.8 Å². The molecule has 2 heterocycles. The van der Waals surface area contributed by atoms with E-state index in [0.717, 1.165) is 66.5 Å². The van der Waals surface area contributed by atoms with Gasteiger partial charge < -0.3 is 9.84 Å². The molecule has 5 rings (SSSR count).